The fourth-order valence-electron chi connectivity index (χ4n) is 2.08. The molecule has 0 radical (unpaired) electrons. The lowest BCUT2D eigenvalue weighted by atomic mass is 10.2. The fraction of sp³-hybridized carbons (Fsp3) is 0.538. The van der Waals surface area contributed by atoms with E-state index in [1.165, 1.54) is 14.0 Å². The number of likely N-dealkylation sites (N-methyl/N-ethyl adjacent to an activating group) is 1. The zero-order valence-corrected chi connectivity index (χ0v) is 11.6. The number of aromatic nitrogens is 2. The van der Waals surface area contributed by atoms with Crippen LogP contribution in [0, 0.1) is 0 Å². The molecule has 20 heavy (non-hydrogen) atoms. The second-order valence-electron chi connectivity index (χ2n) is 4.90. The van der Waals surface area contributed by atoms with Crippen molar-refractivity contribution in [3.8, 4) is 0 Å². The molecule has 0 bridgehead atoms. The highest BCUT2D eigenvalue weighted by molar-refractivity contribution is 5.94. The molecule has 1 N–H and O–H groups in total. The second kappa shape index (κ2) is 5.85. The first-order chi connectivity index (χ1) is 9.50. The molecule has 0 unspecified atom stereocenters. The first-order valence-corrected chi connectivity index (χ1v) is 6.59. The third kappa shape index (κ3) is 2.87. The lowest BCUT2D eigenvalue weighted by Crippen LogP contribution is -2.40. The molecule has 7 nitrogen and oxygen atoms in total. The molecule has 1 aliphatic heterocycles. The Kier molecular flexibility index (Phi) is 4.16. The fourth-order valence-corrected chi connectivity index (χ4v) is 2.08. The molecule has 7 heteroatoms. The highest BCUT2D eigenvalue weighted by Gasteiger charge is 2.24. The van der Waals surface area contributed by atoms with E-state index in [1.54, 1.807) is 12.1 Å². The molecule has 2 heterocycles. The highest BCUT2D eigenvalue weighted by Crippen LogP contribution is 2.17. The summed E-state index contributed by atoms with van der Waals surface area (Å²) in [4.78, 5) is 26.2. The number of rotatable bonds is 4. The van der Waals surface area contributed by atoms with Crippen molar-refractivity contribution >= 4 is 17.7 Å². The molecule has 1 aromatic heterocycles. The van der Waals surface area contributed by atoms with Crippen LogP contribution in [0.1, 0.15) is 30.3 Å². The number of hydrogen-bond donors (Lipinski definition) is 1. The van der Waals surface area contributed by atoms with Crippen LogP contribution in [0.5, 0.6) is 0 Å². The summed E-state index contributed by atoms with van der Waals surface area (Å²) in [6.07, 6.45) is 2.28. The van der Waals surface area contributed by atoms with Crippen molar-refractivity contribution in [2.24, 2.45) is 0 Å². The van der Waals surface area contributed by atoms with E-state index < -0.39 is 17.9 Å². The van der Waals surface area contributed by atoms with Crippen LogP contribution in [-0.4, -0.2) is 58.3 Å². The van der Waals surface area contributed by atoms with Gasteiger partial charge >= 0.3 is 5.97 Å². The van der Waals surface area contributed by atoms with Gasteiger partial charge in [0.2, 0.25) is 0 Å². The number of amides is 1. The SMILES string of the molecule is C[C@H](C(=O)O)N(C)C(=O)c1ccc(N2CCCC2)nn1. The summed E-state index contributed by atoms with van der Waals surface area (Å²) in [5.41, 5.74) is 0.156. The third-order valence-electron chi connectivity index (χ3n) is 3.56. The topological polar surface area (TPSA) is 86.6 Å². The average Bonchev–Trinajstić information content (AvgIpc) is 2.99. The van der Waals surface area contributed by atoms with Gasteiger partial charge in [-0.15, -0.1) is 10.2 Å². The summed E-state index contributed by atoms with van der Waals surface area (Å²) in [5.74, 6) is -0.740. The standard InChI is InChI=1S/C13H18N4O3/c1-9(13(19)20)16(2)12(18)10-5-6-11(15-14-10)17-7-3-4-8-17/h5-6,9H,3-4,7-8H2,1-2H3,(H,19,20)/t9-/m1/s1. The predicted octanol–water partition coefficient (Wildman–Crippen LogP) is 0.622. The van der Waals surface area contributed by atoms with Gasteiger partial charge in [0.05, 0.1) is 0 Å². The number of anilines is 1. The Morgan fingerprint density at radius 3 is 2.45 bits per heavy atom. The minimum atomic E-state index is -1.05. The summed E-state index contributed by atoms with van der Waals surface area (Å²) < 4.78 is 0. The van der Waals surface area contributed by atoms with Crippen molar-refractivity contribution in [1.82, 2.24) is 15.1 Å². The Bertz CT molecular complexity index is 497. The molecule has 0 aliphatic carbocycles. The van der Waals surface area contributed by atoms with E-state index in [4.69, 9.17) is 5.11 Å². The van der Waals surface area contributed by atoms with E-state index in [0.717, 1.165) is 36.6 Å². The van der Waals surface area contributed by atoms with Crippen LogP contribution in [0.2, 0.25) is 0 Å². The van der Waals surface area contributed by atoms with Crippen molar-refractivity contribution in [2.45, 2.75) is 25.8 Å². The summed E-state index contributed by atoms with van der Waals surface area (Å²) in [5, 5.41) is 16.9. The van der Waals surface area contributed by atoms with E-state index in [2.05, 4.69) is 15.1 Å². The third-order valence-corrected chi connectivity index (χ3v) is 3.56. The number of hydrogen-bond acceptors (Lipinski definition) is 5. The normalized spacial score (nSPS) is 16.0. The van der Waals surface area contributed by atoms with Crippen molar-refractivity contribution in [3.63, 3.8) is 0 Å². The zero-order valence-electron chi connectivity index (χ0n) is 11.6. The first-order valence-electron chi connectivity index (χ1n) is 6.59. The smallest absolute Gasteiger partial charge is 0.326 e. The quantitative estimate of drug-likeness (QED) is 0.869. The van der Waals surface area contributed by atoms with E-state index in [1.807, 2.05) is 0 Å². The second-order valence-corrected chi connectivity index (χ2v) is 4.90. The monoisotopic (exact) mass is 278 g/mol. The van der Waals surface area contributed by atoms with E-state index in [-0.39, 0.29) is 5.69 Å². The van der Waals surface area contributed by atoms with E-state index >= 15 is 0 Å². The van der Waals surface area contributed by atoms with Crippen LogP contribution >= 0.6 is 0 Å². The minimum Gasteiger partial charge on any atom is -0.480 e. The highest BCUT2D eigenvalue weighted by atomic mass is 16.4. The van der Waals surface area contributed by atoms with E-state index in [9.17, 15) is 9.59 Å². The summed E-state index contributed by atoms with van der Waals surface area (Å²) in [6, 6.07) is 2.45. The van der Waals surface area contributed by atoms with Crippen molar-refractivity contribution in [3.05, 3.63) is 17.8 Å². The van der Waals surface area contributed by atoms with Gasteiger partial charge in [0.1, 0.15) is 6.04 Å². The van der Waals surface area contributed by atoms with Crippen LogP contribution in [0.25, 0.3) is 0 Å². The molecular weight excluding hydrogens is 260 g/mol. The average molecular weight is 278 g/mol. The molecule has 0 saturated carbocycles. The van der Waals surface area contributed by atoms with Gasteiger partial charge in [0.15, 0.2) is 11.5 Å². The number of carbonyl (C=O) groups excluding carboxylic acids is 1. The van der Waals surface area contributed by atoms with Crippen LogP contribution < -0.4 is 4.90 Å². The molecule has 1 atom stereocenters. The Labute approximate surface area is 117 Å². The van der Waals surface area contributed by atoms with Gasteiger partial charge in [-0.2, -0.15) is 0 Å². The van der Waals surface area contributed by atoms with Gasteiger partial charge < -0.3 is 14.9 Å². The maximum Gasteiger partial charge on any atom is 0.326 e. The largest absolute Gasteiger partial charge is 0.480 e. The maximum absolute atomic E-state index is 12.1. The molecule has 1 fully saturated rings. The maximum atomic E-state index is 12.1. The van der Waals surface area contributed by atoms with Gasteiger partial charge in [0.25, 0.3) is 5.91 Å². The molecule has 1 aromatic rings. The van der Waals surface area contributed by atoms with E-state index in [0.29, 0.717) is 0 Å². The Hall–Kier alpha value is -2.18. The minimum absolute atomic E-state index is 0.156. The van der Waals surface area contributed by atoms with Gasteiger partial charge in [0, 0.05) is 20.1 Å². The zero-order chi connectivity index (χ0) is 14.7. The number of nitrogens with zero attached hydrogens (tertiary/aromatic N) is 4. The number of aliphatic carboxylic acids is 1. The Morgan fingerprint density at radius 1 is 1.30 bits per heavy atom. The van der Waals surface area contributed by atoms with Crippen molar-refractivity contribution in [1.29, 1.82) is 0 Å². The lowest BCUT2D eigenvalue weighted by molar-refractivity contribution is -0.141. The molecule has 0 aromatic carbocycles. The molecule has 2 rings (SSSR count). The van der Waals surface area contributed by atoms with Gasteiger partial charge in [-0.1, -0.05) is 0 Å². The molecular formula is C13H18N4O3. The van der Waals surface area contributed by atoms with Crippen LogP contribution in [0.3, 0.4) is 0 Å². The summed E-state index contributed by atoms with van der Waals surface area (Å²) >= 11 is 0. The van der Waals surface area contributed by atoms with Crippen molar-refractivity contribution < 1.29 is 14.7 Å². The molecule has 108 valence electrons. The van der Waals surface area contributed by atoms with Gasteiger partial charge in [-0.25, -0.2) is 4.79 Å². The summed E-state index contributed by atoms with van der Waals surface area (Å²) in [6.45, 7) is 3.36. The number of carboxylic acid groups (broad SMARTS) is 1. The predicted molar refractivity (Wildman–Crippen MR) is 72.7 cm³/mol. The van der Waals surface area contributed by atoms with Gasteiger partial charge in [-0.05, 0) is 31.9 Å². The van der Waals surface area contributed by atoms with Crippen LogP contribution in [-0.2, 0) is 4.79 Å². The number of carboxylic acids is 1. The van der Waals surface area contributed by atoms with Crippen LogP contribution in [0.4, 0.5) is 5.82 Å². The molecule has 1 saturated heterocycles. The Balaban J connectivity index is 2.09. The Morgan fingerprint density at radius 2 is 1.95 bits per heavy atom. The van der Waals surface area contributed by atoms with Crippen molar-refractivity contribution in [2.75, 3.05) is 25.0 Å². The van der Waals surface area contributed by atoms with Crippen LogP contribution in [0.15, 0.2) is 12.1 Å². The first kappa shape index (κ1) is 14.2. The molecule has 1 amide bonds. The lowest BCUT2D eigenvalue weighted by Gasteiger charge is -2.21. The molecule has 0 spiro atoms. The van der Waals surface area contributed by atoms with Gasteiger partial charge in [-0.3, -0.25) is 4.79 Å². The molecule has 1 aliphatic rings. The summed E-state index contributed by atoms with van der Waals surface area (Å²) in [7, 11) is 1.44. The number of carbonyl (C=O) groups is 2.